The molecule has 0 amide bonds. The lowest BCUT2D eigenvalue weighted by molar-refractivity contribution is 0.236. The average Bonchev–Trinajstić information content (AvgIpc) is 1.88. The van der Waals surface area contributed by atoms with Gasteiger partial charge in [-0.05, 0) is 0 Å². The van der Waals surface area contributed by atoms with Gasteiger partial charge < -0.3 is 4.72 Å². The molecule has 0 radical (unpaired) electrons. The fraction of sp³-hybridized carbons (Fsp3) is 1.00. The van der Waals surface area contributed by atoms with Crippen molar-refractivity contribution in [2.24, 2.45) is 0 Å². The van der Waals surface area contributed by atoms with E-state index in [2.05, 4.69) is 4.72 Å². The van der Waals surface area contributed by atoms with Gasteiger partial charge in [-0.15, -0.1) is 6.54 Å². The van der Waals surface area contributed by atoms with E-state index in [1.165, 1.54) is 0 Å². The van der Waals surface area contributed by atoms with Crippen LogP contribution in [0, 0.1) is 0 Å². The number of hydrogen-bond acceptors (Lipinski definition) is 2. The van der Waals surface area contributed by atoms with E-state index in [1.54, 1.807) is 0 Å². The Kier molecular flexibility index (Phi) is 4.51. The van der Waals surface area contributed by atoms with Gasteiger partial charge >= 0.3 is 5.76 Å². The molecular formula is C5H10F2NO2S-. The van der Waals surface area contributed by atoms with Gasteiger partial charge in [0.1, 0.15) is 10.0 Å². The van der Waals surface area contributed by atoms with Gasteiger partial charge in [0.25, 0.3) is 0 Å². The van der Waals surface area contributed by atoms with Gasteiger partial charge in [-0.1, -0.05) is 19.8 Å². The van der Waals surface area contributed by atoms with Crippen molar-refractivity contribution in [3.63, 3.8) is 0 Å². The molecule has 0 bridgehead atoms. The third-order valence-corrected chi connectivity index (χ3v) is 2.00. The summed E-state index contributed by atoms with van der Waals surface area (Å²) in [6.07, 6.45) is 1.26. The summed E-state index contributed by atoms with van der Waals surface area (Å²) in [6.45, 7) is 1.79. The van der Waals surface area contributed by atoms with E-state index in [-0.39, 0.29) is 6.54 Å². The second-order valence-corrected chi connectivity index (χ2v) is 3.63. The lowest BCUT2D eigenvalue weighted by atomic mass is 10.3. The highest BCUT2D eigenvalue weighted by atomic mass is 32.2. The highest BCUT2D eigenvalue weighted by molar-refractivity contribution is 7.94. The van der Waals surface area contributed by atoms with E-state index in [4.69, 9.17) is 0 Å². The molecule has 68 valence electrons. The van der Waals surface area contributed by atoms with E-state index >= 15 is 0 Å². The van der Waals surface area contributed by atoms with Crippen LogP contribution in [0.1, 0.15) is 19.8 Å². The maximum atomic E-state index is 11.6. The van der Waals surface area contributed by atoms with E-state index in [0.717, 1.165) is 6.42 Å². The zero-order valence-corrected chi connectivity index (χ0v) is 6.94. The lowest BCUT2D eigenvalue weighted by Crippen LogP contribution is -2.10. The van der Waals surface area contributed by atoms with Gasteiger partial charge in [0, 0.05) is 0 Å². The molecule has 0 aliphatic carbocycles. The quantitative estimate of drug-likeness (QED) is 0.613. The molecule has 0 unspecified atom stereocenters. The molecule has 0 spiro atoms. The Balaban J connectivity index is 3.75. The summed E-state index contributed by atoms with van der Waals surface area (Å²) < 4.78 is 46.6. The summed E-state index contributed by atoms with van der Waals surface area (Å²) in [5.41, 5.74) is 0. The summed E-state index contributed by atoms with van der Waals surface area (Å²) in [7, 11) is -4.48. The summed E-state index contributed by atoms with van der Waals surface area (Å²) >= 11 is 0. The van der Waals surface area contributed by atoms with Crippen LogP contribution < -0.4 is 0 Å². The molecule has 0 saturated heterocycles. The second kappa shape index (κ2) is 4.61. The number of alkyl halides is 2. The van der Waals surface area contributed by atoms with Crippen LogP contribution in [-0.4, -0.2) is 20.7 Å². The summed E-state index contributed by atoms with van der Waals surface area (Å²) in [6, 6.07) is 0. The molecule has 0 fully saturated rings. The van der Waals surface area contributed by atoms with Crippen LogP contribution in [0.3, 0.4) is 0 Å². The van der Waals surface area contributed by atoms with Crippen LogP contribution in [0.25, 0.3) is 4.72 Å². The fourth-order valence-corrected chi connectivity index (χ4v) is 0.903. The SMILES string of the molecule is CCCC[N-]S(=O)(=O)C(F)F. The van der Waals surface area contributed by atoms with Crippen LogP contribution in [0.5, 0.6) is 0 Å². The predicted octanol–water partition coefficient (Wildman–Crippen LogP) is 1.71. The van der Waals surface area contributed by atoms with Crippen LogP contribution in [0.15, 0.2) is 0 Å². The fourth-order valence-electron chi connectivity index (χ4n) is 0.406. The van der Waals surface area contributed by atoms with Crippen molar-refractivity contribution >= 4 is 10.0 Å². The third-order valence-electron chi connectivity index (χ3n) is 1.01. The first-order valence-corrected chi connectivity index (χ1v) is 4.71. The van der Waals surface area contributed by atoms with Crippen LogP contribution >= 0.6 is 0 Å². The zero-order chi connectivity index (χ0) is 8.91. The van der Waals surface area contributed by atoms with Gasteiger partial charge in [-0.25, -0.2) is 8.42 Å². The standard InChI is InChI=1S/C5H10F2NO2S/c1-2-3-4-8-11(9,10)5(6)7/h5H,2-4H2,1H3/q-1. The molecule has 0 saturated carbocycles. The largest absolute Gasteiger partial charge is 0.544 e. The Labute approximate surface area is 64.8 Å². The minimum absolute atomic E-state index is 0.0385. The Bertz CT molecular complexity index is 191. The molecule has 6 heteroatoms. The normalized spacial score (nSPS) is 12.4. The Morgan fingerprint density at radius 2 is 2.00 bits per heavy atom. The lowest BCUT2D eigenvalue weighted by Gasteiger charge is -2.17. The first-order chi connectivity index (χ1) is 5.00. The number of hydrogen-bond donors (Lipinski definition) is 0. The molecule has 0 aromatic carbocycles. The monoisotopic (exact) mass is 186 g/mol. The molecule has 3 nitrogen and oxygen atoms in total. The van der Waals surface area contributed by atoms with Gasteiger partial charge in [-0.3, -0.25) is 0 Å². The van der Waals surface area contributed by atoms with Gasteiger partial charge in [0.2, 0.25) is 0 Å². The van der Waals surface area contributed by atoms with Crippen molar-refractivity contribution in [2.45, 2.75) is 25.5 Å². The highest BCUT2D eigenvalue weighted by Gasteiger charge is 2.12. The van der Waals surface area contributed by atoms with Crippen molar-refractivity contribution in [1.29, 1.82) is 0 Å². The molecule has 11 heavy (non-hydrogen) atoms. The first-order valence-electron chi connectivity index (χ1n) is 3.21. The first kappa shape index (κ1) is 10.8. The maximum Gasteiger partial charge on any atom is 0.320 e. The predicted molar refractivity (Wildman–Crippen MR) is 38.1 cm³/mol. The van der Waals surface area contributed by atoms with Crippen molar-refractivity contribution in [2.75, 3.05) is 6.54 Å². The highest BCUT2D eigenvalue weighted by Crippen LogP contribution is 2.13. The minimum atomic E-state index is -4.48. The van der Waals surface area contributed by atoms with Crippen LogP contribution in [-0.2, 0) is 10.0 Å². The molecule has 0 aliphatic heterocycles. The molecule has 0 atom stereocenters. The molecule has 0 heterocycles. The van der Waals surface area contributed by atoms with Crippen LogP contribution in [0.2, 0.25) is 0 Å². The summed E-state index contributed by atoms with van der Waals surface area (Å²) in [5.74, 6) is -3.38. The van der Waals surface area contributed by atoms with E-state index in [0.29, 0.717) is 6.42 Å². The molecule has 0 N–H and O–H groups in total. The van der Waals surface area contributed by atoms with E-state index < -0.39 is 15.8 Å². The van der Waals surface area contributed by atoms with Gasteiger partial charge in [-0.2, -0.15) is 8.78 Å². The molecular weight excluding hydrogens is 176 g/mol. The average molecular weight is 186 g/mol. The van der Waals surface area contributed by atoms with E-state index in [1.807, 2.05) is 6.92 Å². The summed E-state index contributed by atoms with van der Waals surface area (Å²) in [4.78, 5) is 0. The van der Waals surface area contributed by atoms with Crippen molar-refractivity contribution in [3.8, 4) is 0 Å². The van der Waals surface area contributed by atoms with Crippen molar-refractivity contribution in [3.05, 3.63) is 4.72 Å². The Morgan fingerprint density at radius 1 is 1.45 bits per heavy atom. The summed E-state index contributed by atoms with van der Waals surface area (Å²) in [5, 5.41) is 0. The molecule has 0 rings (SSSR count). The number of halogens is 2. The number of unbranched alkanes of at least 4 members (excludes halogenated alkanes) is 1. The van der Waals surface area contributed by atoms with Crippen molar-refractivity contribution in [1.82, 2.24) is 0 Å². The molecule has 0 aromatic rings. The third kappa shape index (κ3) is 4.26. The van der Waals surface area contributed by atoms with Crippen molar-refractivity contribution < 1.29 is 17.2 Å². The Hall–Kier alpha value is -0.230. The number of nitrogens with zero attached hydrogens (tertiary/aromatic N) is 1. The minimum Gasteiger partial charge on any atom is -0.544 e. The van der Waals surface area contributed by atoms with Gasteiger partial charge in [0.05, 0.1) is 0 Å². The zero-order valence-electron chi connectivity index (χ0n) is 6.13. The van der Waals surface area contributed by atoms with Gasteiger partial charge in [0.15, 0.2) is 0 Å². The molecule has 0 aromatic heterocycles. The van der Waals surface area contributed by atoms with Crippen LogP contribution in [0.4, 0.5) is 8.78 Å². The smallest absolute Gasteiger partial charge is 0.320 e. The second-order valence-electron chi connectivity index (χ2n) is 1.98. The van der Waals surface area contributed by atoms with E-state index in [9.17, 15) is 17.2 Å². The number of rotatable bonds is 5. The number of sulfonamides is 1. The topological polar surface area (TPSA) is 48.2 Å². The molecule has 0 aliphatic rings. The maximum absolute atomic E-state index is 11.6. The Morgan fingerprint density at radius 3 is 2.36 bits per heavy atom.